The summed E-state index contributed by atoms with van der Waals surface area (Å²) in [7, 11) is 0. The van der Waals surface area contributed by atoms with Gasteiger partial charge in [0.15, 0.2) is 5.78 Å². The van der Waals surface area contributed by atoms with Crippen LogP contribution in [-0.4, -0.2) is 27.9 Å². The number of pyridine rings is 1. The van der Waals surface area contributed by atoms with Crippen molar-refractivity contribution in [3.8, 4) is 0 Å². The fourth-order valence-electron chi connectivity index (χ4n) is 1.08. The summed E-state index contributed by atoms with van der Waals surface area (Å²) in [6.45, 7) is 0. The lowest BCUT2D eigenvalue weighted by atomic mass is 10.1. The minimum absolute atomic E-state index is 0.124. The molecule has 1 atom stereocenters. The first-order valence-corrected chi connectivity index (χ1v) is 4.53. The molecule has 80 valence electrons. The number of hydrogen-bond acceptors (Lipinski definition) is 4. The fourth-order valence-corrected chi connectivity index (χ4v) is 1.08. The Morgan fingerprint density at radius 2 is 2.27 bits per heavy atom. The molecule has 0 bridgehead atoms. The standard InChI is InChI=1S/C10H12N2O3/c11-8(10(14)15)3-4-9(13)7-2-1-5-12-6-7/h1-2,5-6,8H,3-4,11H2,(H,14,15)/t8-/m1/s1. The summed E-state index contributed by atoms with van der Waals surface area (Å²) in [6.07, 6.45) is 3.29. The second kappa shape index (κ2) is 5.21. The lowest BCUT2D eigenvalue weighted by Gasteiger charge is -2.04. The van der Waals surface area contributed by atoms with E-state index < -0.39 is 12.0 Å². The molecule has 0 unspecified atom stereocenters. The topological polar surface area (TPSA) is 93.3 Å². The van der Waals surface area contributed by atoms with E-state index >= 15 is 0 Å². The predicted molar refractivity (Wildman–Crippen MR) is 53.4 cm³/mol. The molecule has 0 aliphatic rings. The Morgan fingerprint density at radius 1 is 1.53 bits per heavy atom. The monoisotopic (exact) mass is 208 g/mol. The molecule has 0 amide bonds. The van der Waals surface area contributed by atoms with Crippen molar-refractivity contribution >= 4 is 11.8 Å². The van der Waals surface area contributed by atoms with Gasteiger partial charge in [-0.05, 0) is 18.6 Å². The lowest BCUT2D eigenvalue weighted by Crippen LogP contribution is -2.30. The van der Waals surface area contributed by atoms with Gasteiger partial charge in [0.1, 0.15) is 6.04 Å². The molecule has 5 nitrogen and oxygen atoms in total. The number of carbonyl (C=O) groups is 2. The van der Waals surface area contributed by atoms with Gasteiger partial charge in [0.05, 0.1) is 0 Å². The van der Waals surface area contributed by atoms with E-state index in [1.807, 2.05) is 0 Å². The number of nitrogens with zero attached hydrogens (tertiary/aromatic N) is 1. The Hall–Kier alpha value is -1.75. The van der Waals surface area contributed by atoms with Crippen molar-refractivity contribution in [1.82, 2.24) is 4.98 Å². The number of hydrogen-bond donors (Lipinski definition) is 2. The first-order valence-electron chi connectivity index (χ1n) is 4.53. The van der Waals surface area contributed by atoms with Crippen LogP contribution in [0.15, 0.2) is 24.5 Å². The molecule has 5 heteroatoms. The van der Waals surface area contributed by atoms with Crippen LogP contribution in [0.5, 0.6) is 0 Å². The first-order chi connectivity index (χ1) is 7.11. The summed E-state index contributed by atoms with van der Waals surface area (Å²) < 4.78 is 0. The van der Waals surface area contributed by atoms with Gasteiger partial charge in [0, 0.05) is 24.4 Å². The summed E-state index contributed by atoms with van der Waals surface area (Å²) >= 11 is 0. The maximum Gasteiger partial charge on any atom is 0.320 e. The number of Topliss-reactive ketones (excluding diaryl/α,β-unsaturated/α-hetero) is 1. The smallest absolute Gasteiger partial charge is 0.320 e. The number of carbonyl (C=O) groups excluding carboxylic acids is 1. The Kier molecular flexibility index (Phi) is 3.93. The Bertz CT molecular complexity index is 351. The molecule has 15 heavy (non-hydrogen) atoms. The van der Waals surface area contributed by atoms with E-state index in [0.29, 0.717) is 5.56 Å². The molecule has 0 saturated carbocycles. The van der Waals surface area contributed by atoms with Crippen LogP contribution >= 0.6 is 0 Å². The Labute approximate surface area is 86.9 Å². The van der Waals surface area contributed by atoms with Crippen LogP contribution in [0.4, 0.5) is 0 Å². The van der Waals surface area contributed by atoms with Crippen molar-refractivity contribution < 1.29 is 14.7 Å². The number of nitrogens with two attached hydrogens (primary N) is 1. The summed E-state index contributed by atoms with van der Waals surface area (Å²) in [5.41, 5.74) is 5.76. The maximum absolute atomic E-state index is 11.5. The quantitative estimate of drug-likeness (QED) is 0.685. The van der Waals surface area contributed by atoms with E-state index in [4.69, 9.17) is 10.8 Å². The highest BCUT2D eigenvalue weighted by Crippen LogP contribution is 2.04. The fraction of sp³-hybridized carbons (Fsp3) is 0.300. The van der Waals surface area contributed by atoms with E-state index in [1.165, 1.54) is 6.20 Å². The van der Waals surface area contributed by atoms with Crippen molar-refractivity contribution in [2.24, 2.45) is 5.73 Å². The number of carboxylic acid groups (broad SMARTS) is 1. The molecule has 1 aromatic heterocycles. The van der Waals surface area contributed by atoms with Crippen LogP contribution in [0.25, 0.3) is 0 Å². The van der Waals surface area contributed by atoms with Gasteiger partial charge in [-0.1, -0.05) is 0 Å². The molecular weight excluding hydrogens is 196 g/mol. The maximum atomic E-state index is 11.5. The van der Waals surface area contributed by atoms with Gasteiger partial charge in [-0.2, -0.15) is 0 Å². The average Bonchev–Trinajstić information content (AvgIpc) is 2.26. The van der Waals surface area contributed by atoms with Gasteiger partial charge in [0.25, 0.3) is 0 Å². The molecule has 0 saturated heterocycles. The molecular formula is C10H12N2O3. The Morgan fingerprint density at radius 3 is 2.80 bits per heavy atom. The largest absolute Gasteiger partial charge is 0.480 e. The minimum atomic E-state index is -1.09. The van der Waals surface area contributed by atoms with Crippen LogP contribution < -0.4 is 5.73 Å². The Balaban J connectivity index is 2.47. The molecule has 1 aromatic rings. The highest BCUT2D eigenvalue weighted by molar-refractivity contribution is 5.95. The van der Waals surface area contributed by atoms with Crippen LogP contribution in [0, 0.1) is 0 Å². The lowest BCUT2D eigenvalue weighted by molar-refractivity contribution is -0.138. The number of aliphatic carboxylic acids is 1. The van der Waals surface area contributed by atoms with E-state index in [9.17, 15) is 9.59 Å². The van der Waals surface area contributed by atoms with E-state index in [0.717, 1.165) is 0 Å². The molecule has 0 aliphatic heterocycles. The van der Waals surface area contributed by atoms with Gasteiger partial charge >= 0.3 is 5.97 Å². The van der Waals surface area contributed by atoms with Crippen molar-refractivity contribution in [3.05, 3.63) is 30.1 Å². The highest BCUT2D eigenvalue weighted by atomic mass is 16.4. The van der Waals surface area contributed by atoms with Crippen molar-refractivity contribution in [3.63, 3.8) is 0 Å². The number of carboxylic acids is 1. The number of aromatic nitrogens is 1. The number of rotatable bonds is 5. The summed E-state index contributed by atoms with van der Waals surface area (Å²) in [5.74, 6) is -1.23. The van der Waals surface area contributed by atoms with Crippen molar-refractivity contribution in [2.75, 3.05) is 0 Å². The third-order valence-electron chi connectivity index (χ3n) is 1.98. The molecule has 0 spiro atoms. The van der Waals surface area contributed by atoms with Crippen molar-refractivity contribution in [1.29, 1.82) is 0 Å². The van der Waals surface area contributed by atoms with Gasteiger partial charge in [-0.15, -0.1) is 0 Å². The molecule has 0 aromatic carbocycles. The second-order valence-electron chi connectivity index (χ2n) is 3.15. The zero-order valence-electron chi connectivity index (χ0n) is 8.09. The van der Waals surface area contributed by atoms with Crippen LogP contribution in [-0.2, 0) is 4.79 Å². The van der Waals surface area contributed by atoms with Gasteiger partial charge in [0.2, 0.25) is 0 Å². The highest BCUT2D eigenvalue weighted by Gasteiger charge is 2.14. The van der Waals surface area contributed by atoms with E-state index in [-0.39, 0.29) is 18.6 Å². The third kappa shape index (κ3) is 3.47. The molecule has 1 rings (SSSR count). The van der Waals surface area contributed by atoms with Gasteiger partial charge in [-0.3, -0.25) is 14.6 Å². The SMILES string of the molecule is N[C@H](CCC(=O)c1cccnc1)C(=O)O. The van der Waals surface area contributed by atoms with Crippen LogP contribution in [0.2, 0.25) is 0 Å². The summed E-state index contributed by atoms with van der Waals surface area (Å²) in [4.78, 5) is 25.7. The average molecular weight is 208 g/mol. The van der Waals surface area contributed by atoms with E-state index in [2.05, 4.69) is 4.98 Å². The molecule has 0 aliphatic carbocycles. The van der Waals surface area contributed by atoms with Crippen LogP contribution in [0.3, 0.4) is 0 Å². The number of ketones is 1. The van der Waals surface area contributed by atoms with Gasteiger partial charge < -0.3 is 10.8 Å². The second-order valence-corrected chi connectivity index (χ2v) is 3.15. The van der Waals surface area contributed by atoms with E-state index in [1.54, 1.807) is 18.3 Å². The van der Waals surface area contributed by atoms with Crippen LogP contribution in [0.1, 0.15) is 23.2 Å². The molecule has 0 fully saturated rings. The molecule has 0 radical (unpaired) electrons. The molecule has 3 N–H and O–H groups in total. The normalized spacial score (nSPS) is 12.1. The minimum Gasteiger partial charge on any atom is -0.480 e. The zero-order valence-corrected chi connectivity index (χ0v) is 8.09. The summed E-state index contributed by atoms with van der Waals surface area (Å²) in [5, 5.41) is 8.52. The molecule has 1 heterocycles. The van der Waals surface area contributed by atoms with Gasteiger partial charge in [-0.25, -0.2) is 0 Å². The third-order valence-corrected chi connectivity index (χ3v) is 1.98. The first kappa shape index (κ1) is 11.3. The zero-order chi connectivity index (χ0) is 11.3. The summed E-state index contributed by atoms with van der Waals surface area (Å²) in [6, 6.07) is 2.32. The predicted octanol–water partition coefficient (Wildman–Crippen LogP) is 0.456. The van der Waals surface area contributed by atoms with Crippen molar-refractivity contribution in [2.45, 2.75) is 18.9 Å².